The number of hydrogen-bond donors (Lipinski definition) is 1. The highest BCUT2D eigenvalue weighted by atomic mass is 16.3. The van der Waals surface area contributed by atoms with Gasteiger partial charge in [-0.25, -0.2) is 0 Å². The quantitative estimate of drug-likeness (QED) is 0.711. The second kappa shape index (κ2) is 3.97. The monoisotopic (exact) mass is 209 g/mol. The second-order valence-corrected chi connectivity index (χ2v) is 4.85. The van der Waals surface area contributed by atoms with Gasteiger partial charge in [-0.15, -0.1) is 0 Å². The van der Waals surface area contributed by atoms with Gasteiger partial charge in [-0.2, -0.15) is 0 Å². The zero-order chi connectivity index (χ0) is 11.0. The van der Waals surface area contributed by atoms with Crippen molar-refractivity contribution in [2.75, 3.05) is 6.54 Å². The molecule has 84 valence electrons. The molecule has 2 aliphatic rings. The molecular weight excluding hydrogens is 190 g/mol. The van der Waals surface area contributed by atoms with Crippen LogP contribution in [-0.2, 0) is 4.79 Å². The minimum atomic E-state index is -0.442. The molecule has 2 heterocycles. The van der Waals surface area contributed by atoms with Gasteiger partial charge in [-0.05, 0) is 24.7 Å². The Balaban J connectivity index is 2.21. The molecule has 0 aromatic heterocycles. The van der Waals surface area contributed by atoms with Gasteiger partial charge in [0, 0.05) is 18.7 Å². The normalized spacial score (nSPS) is 31.6. The molecule has 1 saturated heterocycles. The lowest BCUT2D eigenvalue weighted by molar-refractivity contribution is -0.133. The molecule has 1 amide bonds. The molecule has 2 unspecified atom stereocenters. The highest BCUT2D eigenvalue weighted by molar-refractivity contribution is 5.79. The van der Waals surface area contributed by atoms with Crippen molar-refractivity contribution in [1.29, 1.82) is 0 Å². The first kappa shape index (κ1) is 10.7. The van der Waals surface area contributed by atoms with Gasteiger partial charge in [-0.3, -0.25) is 4.79 Å². The fourth-order valence-corrected chi connectivity index (χ4v) is 2.62. The van der Waals surface area contributed by atoms with Crippen molar-refractivity contribution in [3.63, 3.8) is 0 Å². The standard InChI is InChI=1S/C12H19NO2/c1-8(2)9-6-7-13-10(12(9)15)4-3-5-11(13)14/h4,8-9,12,15H,3,5-7H2,1-2H3. The largest absolute Gasteiger partial charge is 0.387 e. The first-order chi connectivity index (χ1) is 7.11. The van der Waals surface area contributed by atoms with Gasteiger partial charge in [-0.1, -0.05) is 19.9 Å². The van der Waals surface area contributed by atoms with Crippen LogP contribution in [0.2, 0.25) is 0 Å². The SMILES string of the molecule is CC(C)C1CCN2C(=O)CCC=C2C1O. The third-order valence-electron chi connectivity index (χ3n) is 3.58. The Kier molecular flexibility index (Phi) is 2.83. The van der Waals surface area contributed by atoms with E-state index in [4.69, 9.17) is 0 Å². The fraction of sp³-hybridized carbons (Fsp3) is 0.750. The van der Waals surface area contributed by atoms with Crippen molar-refractivity contribution >= 4 is 5.91 Å². The van der Waals surface area contributed by atoms with E-state index in [9.17, 15) is 9.90 Å². The number of rotatable bonds is 1. The van der Waals surface area contributed by atoms with Gasteiger partial charge < -0.3 is 10.0 Å². The molecule has 0 bridgehead atoms. The highest BCUT2D eigenvalue weighted by Crippen LogP contribution is 2.33. The van der Waals surface area contributed by atoms with Crippen LogP contribution in [0.1, 0.15) is 33.1 Å². The van der Waals surface area contributed by atoms with E-state index in [-0.39, 0.29) is 5.91 Å². The minimum Gasteiger partial charge on any atom is -0.387 e. The summed E-state index contributed by atoms with van der Waals surface area (Å²) in [6.07, 6.45) is 3.89. The van der Waals surface area contributed by atoms with E-state index < -0.39 is 6.10 Å². The highest BCUT2D eigenvalue weighted by Gasteiger charge is 2.37. The number of carbonyl (C=O) groups is 1. The van der Waals surface area contributed by atoms with Crippen LogP contribution in [0.5, 0.6) is 0 Å². The van der Waals surface area contributed by atoms with Crippen LogP contribution in [0.3, 0.4) is 0 Å². The van der Waals surface area contributed by atoms with Crippen molar-refractivity contribution in [1.82, 2.24) is 4.90 Å². The van der Waals surface area contributed by atoms with Crippen molar-refractivity contribution in [3.8, 4) is 0 Å². The van der Waals surface area contributed by atoms with Crippen molar-refractivity contribution in [2.24, 2.45) is 11.8 Å². The number of amides is 1. The molecule has 2 aliphatic heterocycles. The van der Waals surface area contributed by atoms with E-state index in [1.54, 1.807) is 4.90 Å². The second-order valence-electron chi connectivity index (χ2n) is 4.85. The van der Waals surface area contributed by atoms with Gasteiger partial charge in [0.1, 0.15) is 0 Å². The minimum absolute atomic E-state index is 0.175. The number of aliphatic hydroxyl groups excluding tert-OH is 1. The fourth-order valence-electron chi connectivity index (χ4n) is 2.62. The lowest BCUT2D eigenvalue weighted by Crippen LogP contribution is -2.47. The van der Waals surface area contributed by atoms with Crippen LogP contribution in [-0.4, -0.2) is 28.6 Å². The zero-order valence-electron chi connectivity index (χ0n) is 9.44. The summed E-state index contributed by atoms with van der Waals surface area (Å²) in [6, 6.07) is 0. The Hall–Kier alpha value is -0.830. The molecule has 0 aromatic rings. The van der Waals surface area contributed by atoms with Crippen LogP contribution in [0.25, 0.3) is 0 Å². The summed E-state index contributed by atoms with van der Waals surface area (Å²) in [5, 5.41) is 10.2. The summed E-state index contributed by atoms with van der Waals surface area (Å²) < 4.78 is 0. The predicted octanol–water partition coefficient (Wildman–Crippen LogP) is 1.53. The third-order valence-corrected chi connectivity index (χ3v) is 3.58. The van der Waals surface area contributed by atoms with E-state index in [0.29, 0.717) is 18.3 Å². The van der Waals surface area contributed by atoms with Gasteiger partial charge in [0.25, 0.3) is 0 Å². The van der Waals surface area contributed by atoms with E-state index in [1.807, 2.05) is 6.08 Å². The van der Waals surface area contributed by atoms with Crippen molar-refractivity contribution in [3.05, 3.63) is 11.8 Å². The van der Waals surface area contributed by atoms with Gasteiger partial charge in [0.15, 0.2) is 0 Å². The number of piperidine rings is 1. The molecule has 2 atom stereocenters. The number of allylic oxidation sites excluding steroid dienone is 1. The molecule has 15 heavy (non-hydrogen) atoms. The van der Waals surface area contributed by atoms with Gasteiger partial charge >= 0.3 is 0 Å². The Labute approximate surface area is 90.8 Å². The Morgan fingerprint density at radius 3 is 2.93 bits per heavy atom. The molecule has 1 fully saturated rings. The number of nitrogens with zero attached hydrogens (tertiary/aromatic N) is 1. The first-order valence-corrected chi connectivity index (χ1v) is 5.79. The molecular formula is C12H19NO2. The lowest BCUT2D eigenvalue weighted by atomic mass is 9.81. The van der Waals surface area contributed by atoms with E-state index >= 15 is 0 Å². The van der Waals surface area contributed by atoms with Crippen LogP contribution >= 0.6 is 0 Å². The van der Waals surface area contributed by atoms with Crippen molar-refractivity contribution < 1.29 is 9.90 Å². The van der Waals surface area contributed by atoms with E-state index in [1.165, 1.54) is 0 Å². The maximum absolute atomic E-state index is 11.6. The molecule has 0 spiro atoms. The number of aliphatic hydroxyl groups is 1. The molecule has 3 nitrogen and oxygen atoms in total. The van der Waals surface area contributed by atoms with E-state index in [0.717, 1.165) is 25.1 Å². The summed E-state index contributed by atoms with van der Waals surface area (Å²) in [4.78, 5) is 13.4. The smallest absolute Gasteiger partial charge is 0.227 e. The van der Waals surface area contributed by atoms with E-state index in [2.05, 4.69) is 13.8 Å². The average molecular weight is 209 g/mol. The molecule has 0 aromatic carbocycles. The zero-order valence-corrected chi connectivity index (χ0v) is 9.44. The Bertz CT molecular complexity index is 296. The molecule has 1 N–H and O–H groups in total. The Morgan fingerprint density at radius 1 is 1.53 bits per heavy atom. The summed E-state index contributed by atoms with van der Waals surface area (Å²) in [5.74, 6) is 0.951. The topological polar surface area (TPSA) is 40.5 Å². The average Bonchev–Trinajstić information content (AvgIpc) is 2.19. The first-order valence-electron chi connectivity index (χ1n) is 5.79. The maximum Gasteiger partial charge on any atom is 0.227 e. The van der Waals surface area contributed by atoms with Gasteiger partial charge in [0.2, 0.25) is 5.91 Å². The van der Waals surface area contributed by atoms with Crippen LogP contribution in [0.15, 0.2) is 11.8 Å². The lowest BCUT2D eigenvalue weighted by Gasteiger charge is -2.41. The third kappa shape index (κ3) is 1.81. The summed E-state index contributed by atoms with van der Waals surface area (Å²) in [5.41, 5.74) is 0.858. The Morgan fingerprint density at radius 2 is 2.27 bits per heavy atom. The predicted molar refractivity (Wildman–Crippen MR) is 58.0 cm³/mol. The maximum atomic E-state index is 11.6. The van der Waals surface area contributed by atoms with Crippen molar-refractivity contribution in [2.45, 2.75) is 39.2 Å². The molecule has 3 heteroatoms. The van der Waals surface area contributed by atoms with Crippen LogP contribution in [0, 0.1) is 11.8 Å². The molecule has 0 radical (unpaired) electrons. The summed E-state index contributed by atoms with van der Waals surface area (Å²) >= 11 is 0. The van der Waals surface area contributed by atoms with Gasteiger partial charge in [0.05, 0.1) is 6.10 Å². The summed E-state index contributed by atoms with van der Waals surface area (Å²) in [7, 11) is 0. The number of hydrogen-bond acceptors (Lipinski definition) is 2. The van der Waals surface area contributed by atoms with Crippen LogP contribution in [0.4, 0.5) is 0 Å². The molecule has 2 rings (SSSR count). The number of fused-ring (bicyclic) bond motifs is 1. The number of carbonyl (C=O) groups excluding carboxylic acids is 1. The molecule has 0 saturated carbocycles. The molecule has 0 aliphatic carbocycles. The summed E-state index contributed by atoms with van der Waals surface area (Å²) in [6.45, 7) is 5.05. The van der Waals surface area contributed by atoms with Crippen LogP contribution < -0.4 is 0 Å².